The number of nitrogens with zero attached hydrogens (tertiary/aromatic N) is 4. The Morgan fingerprint density at radius 2 is 1.83 bits per heavy atom. The summed E-state index contributed by atoms with van der Waals surface area (Å²) < 4.78 is 0. The zero-order chi connectivity index (χ0) is 13.8. The fraction of sp³-hybridized carbons (Fsp3) is 0.727. The van der Waals surface area contributed by atoms with E-state index in [-0.39, 0.29) is 11.9 Å². The quantitative estimate of drug-likeness (QED) is 0.819. The first-order valence-corrected chi connectivity index (χ1v) is 6.35. The molecule has 0 aliphatic rings. The van der Waals surface area contributed by atoms with Crippen LogP contribution in [0.3, 0.4) is 0 Å². The van der Waals surface area contributed by atoms with Gasteiger partial charge in [-0.2, -0.15) is 15.0 Å². The summed E-state index contributed by atoms with van der Waals surface area (Å²) in [5.74, 6) is 0.909. The van der Waals surface area contributed by atoms with Crippen molar-refractivity contribution in [1.29, 1.82) is 0 Å². The van der Waals surface area contributed by atoms with Gasteiger partial charge in [-0.3, -0.25) is 0 Å². The summed E-state index contributed by atoms with van der Waals surface area (Å²) in [7, 11) is 0. The van der Waals surface area contributed by atoms with Gasteiger partial charge in [-0.25, -0.2) is 0 Å². The Balaban J connectivity index is 3.00. The SMILES string of the molecule is CCN(CC)c1nc(Cl)nc(NC(C)(C)CO)n1. The number of aromatic nitrogens is 3. The van der Waals surface area contributed by atoms with Crippen molar-refractivity contribution in [2.45, 2.75) is 33.2 Å². The molecule has 0 atom stereocenters. The summed E-state index contributed by atoms with van der Waals surface area (Å²) in [6.07, 6.45) is 0. The lowest BCUT2D eigenvalue weighted by molar-refractivity contribution is 0.233. The molecule has 2 N–H and O–H groups in total. The number of hydrogen-bond acceptors (Lipinski definition) is 6. The normalized spacial score (nSPS) is 11.4. The summed E-state index contributed by atoms with van der Waals surface area (Å²) >= 11 is 5.89. The third kappa shape index (κ3) is 3.96. The number of aliphatic hydroxyl groups excluding tert-OH is 1. The number of anilines is 2. The topological polar surface area (TPSA) is 74.2 Å². The standard InChI is InChI=1S/C11H20ClN5O/c1-5-17(6-2)10-14-8(12)13-9(15-10)16-11(3,4)7-18/h18H,5-7H2,1-4H3,(H,13,14,15,16). The average molecular weight is 274 g/mol. The molecule has 1 heterocycles. The highest BCUT2D eigenvalue weighted by molar-refractivity contribution is 6.28. The van der Waals surface area contributed by atoms with Crippen LogP contribution < -0.4 is 10.2 Å². The van der Waals surface area contributed by atoms with Crippen molar-refractivity contribution in [3.8, 4) is 0 Å². The molecule has 0 spiro atoms. The van der Waals surface area contributed by atoms with Gasteiger partial charge in [0.15, 0.2) is 0 Å². The van der Waals surface area contributed by atoms with Crippen LogP contribution in [0.5, 0.6) is 0 Å². The first-order chi connectivity index (χ1) is 8.41. The predicted octanol–water partition coefficient (Wildman–Crippen LogP) is 1.55. The van der Waals surface area contributed by atoms with Crippen LogP contribution in [0.4, 0.5) is 11.9 Å². The van der Waals surface area contributed by atoms with Crippen LogP contribution in [-0.2, 0) is 0 Å². The lowest BCUT2D eigenvalue weighted by Crippen LogP contribution is -2.36. The second-order valence-corrected chi connectivity index (χ2v) is 4.91. The minimum Gasteiger partial charge on any atom is -0.394 e. The molecule has 0 unspecified atom stereocenters. The van der Waals surface area contributed by atoms with E-state index < -0.39 is 5.54 Å². The Kier molecular flexibility index (Phi) is 5.10. The van der Waals surface area contributed by atoms with E-state index in [2.05, 4.69) is 20.3 Å². The molecule has 1 aromatic rings. The van der Waals surface area contributed by atoms with Crippen molar-refractivity contribution in [2.24, 2.45) is 0 Å². The number of nitrogens with one attached hydrogen (secondary N) is 1. The molecule has 0 bridgehead atoms. The molecule has 0 aromatic carbocycles. The maximum atomic E-state index is 9.22. The second kappa shape index (κ2) is 6.15. The predicted molar refractivity (Wildman–Crippen MR) is 73.2 cm³/mol. The smallest absolute Gasteiger partial charge is 0.231 e. The van der Waals surface area contributed by atoms with E-state index in [1.54, 1.807) is 0 Å². The van der Waals surface area contributed by atoms with Crippen LogP contribution >= 0.6 is 11.6 Å². The van der Waals surface area contributed by atoms with Gasteiger partial charge in [0, 0.05) is 13.1 Å². The molecule has 7 heteroatoms. The van der Waals surface area contributed by atoms with Crippen molar-refractivity contribution in [2.75, 3.05) is 29.9 Å². The third-order valence-corrected chi connectivity index (χ3v) is 2.66. The van der Waals surface area contributed by atoms with Crippen LogP contribution in [0.1, 0.15) is 27.7 Å². The highest BCUT2D eigenvalue weighted by atomic mass is 35.5. The van der Waals surface area contributed by atoms with Gasteiger partial charge < -0.3 is 15.3 Å². The second-order valence-electron chi connectivity index (χ2n) is 4.57. The summed E-state index contributed by atoms with van der Waals surface area (Å²) in [6, 6.07) is 0. The molecule has 1 aromatic heterocycles. The van der Waals surface area contributed by atoms with E-state index >= 15 is 0 Å². The van der Waals surface area contributed by atoms with Gasteiger partial charge >= 0.3 is 0 Å². The summed E-state index contributed by atoms with van der Waals surface area (Å²) in [5, 5.41) is 12.4. The van der Waals surface area contributed by atoms with E-state index in [1.807, 2.05) is 32.6 Å². The van der Waals surface area contributed by atoms with Crippen molar-refractivity contribution in [3.63, 3.8) is 0 Å². The van der Waals surface area contributed by atoms with Crippen molar-refractivity contribution >= 4 is 23.5 Å². The molecular weight excluding hydrogens is 254 g/mol. The van der Waals surface area contributed by atoms with E-state index in [1.165, 1.54) is 0 Å². The van der Waals surface area contributed by atoms with Crippen LogP contribution in [-0.4, -0.2) is 45.3 Å². The molecule has 0 fully saturated rings. The molecule has 1 rings (SSSR count). The zero-order valence-corrected chi connectivity index (χ0v) is 12.0. The van der Waals surface area contributed by atoms with E-state index in [0.717, 1.165) is 13.1 Å². The Morgan fingerprint density at radius 3 is 2.33 bits per heavy atom. The van der Waals surface area contributed by atoms with Gasteiger partial charge in [-0.1, -0.05) is 0 Å². The van der Waals surface area contributed by atoms with Gasteiger partial charge in [0.1, 0.15) is 0 Å². The van der Waals surface area contributed by atoms with Crippen LogP contribution in [0, 0.1) is 0 Å². The summed E-state index contributed by atoms with van der Waals surface area (Å²) in [6.45, 7) is 9.29. The molecule has 0 saturated carbocycles. The number of halogens is 1. The molecule has 0 aliphatic heterocycles. The average Bonchev–Trinajstić information content (AvgIpc) is 2.29. The minimum atomic E-state index is -0.509. The molecule has 0 aliphatic carbocycles. The summed E-state index contributed by atoms with van der Waals surface area (Å²) in [4.78, 5) is 14.4. The molecule has 102 valence electrons. The molecule has 0 saturated heterocycles. The monoisotopic (exact) mass is 273 g/mol. The highest BCUT2D eigenvalue weighted by Gasteiger charge is 2.19. The Bertz CT molecular complexity index is 395. The Hall–Kier alpha value is -1.14. The van der Waals surface area contributed by atoms with Gasteiger partial charge in [-0.15, -0.1) is 0 Å². The zero-order valence-electron chi connectivity index (χ0n) is 11.2. The van der Waals surface area contributed by atoms with E-state index in [9.17, 15) is 5.11 Å². The molecule has 18 heavy (non-hydrogen) atoms. The largest absolute Gasteiger partial charge is 0.394 e. The number of hydrogen-bond donors (Lipinski definition) is 2. The Labute approximate surface area is 112 Å². The maximum Gasteiger partial charge on any atom is 0.231 e. The van der Waals surface area contributed by atoms with Crippen molar-refractivity contribution in [3.05, 3.63) is 5.28 Å². The van der Waals surface area contributed by atoms with Gasteiger partial charge in [0.25, 0.3) is 0 Å². The van der Waals surface area contributed by atoms with E-state index in [0.29, 0.717) is 11.9 Å². The van der Waals surface area contributed by atoms with Crippen LogP contribution in [0.25, 0.3) is 0 Å². The Morgan fingerprint density at radius 1 is 1.22 bits per heavy atom. The first kappa shape index (κ1) is 14.9. The maximum absolute atomic E-state index is 9.22. The number of rotatable bonds is 6. The lowest BCUT2D eigenvalue weighted by atomic mass is 10.1. The number of aliphatic hydroxyl groups is 1. The molecule has 6 nitrogen and oxygen atoms in total. The lowest BCUT2D eigenvalue weighted by Gasteiger charge is -2.24. The fourth-order valence-corrected chi connectivity index (χ4v) is 1.54. The molecular formula is C11H20ClN5O. The van der Waals surface area contributed by atoms with Gasteiger partial charge in [0.05, 0.1) is 12.1 Å². The third-order valence-electron chi connectivity index (χ3n) is 2.49. The summed E-state index contributed by atoms with van der Waals surface area (Å²) in [5.41, 5.74) is -0.509. The van der Waals surface area contributed by atoms with Crippen LogP contribution in [0.15, 0.2) is 0 Å². The van der Waals surface area contributed by atoms with E-state index in [4.69, 9.17) is 11.6 Å². The van der Waals surface area contributed by atoms with Crippen molar-refractivity contribution in [1.82, 2.24) is 15.0 Å². The van der Waals surface area contributed by atoms with Gasteiger partial charge in [-0.05, 0) is 39.3 Å². The molecule has 0 amide bonds. The van der Waals surface area contributed by atoms with Crippen molar-refractivity contribution < 1.29 is 5.11 Å². The highest BCUT2D eigenvalue weighted by Crippen LogP contribution is 2.16. The molecule has 0 radical (unpaired) electrons. The van der Waals surface area contributed by atoms with Crippen LogP contribution in [0.2, 0.25) is 5.28 Å². The minimum absolute atomic E-state index is 0.0308. The first-order valence-electron chi connectivity index (χ1n) is 5.97. The fourth-order valence-electron chi connectivity index (χ4n) is 1.39. The van der Waals surface area contributed by atoms with Gasteiger partial charge in [0.2, 0.25) is 17.2 Å².